The Morgan fingerprint density at radius 3 is 2.16 bits per heavy atom. The van der Waals surface area contributed by atoms with E-state index in [9.17, 15) is 9.90 Å². The van der Waals surface area contributed by atoms with Gasteiger partial charge in [-0.2, -0.15) is 0 Å². The Morgan fingerprint density at radius 2 is 1.63 bits per heavy atom. The number of aliphatic hydroxyl groups excluding tert-OH is 1. The normalized spacial score (nSPS) is 29.6. The fourth-order valence-electron chi connectivity index (χ4n) is 3.73. The first-order valence-electron chi connectivity index (χ1n) is 7.13. The summed E-state index contributed by atoms with van der Waals surface area (Å²) in [6.45, 7) is 4.05. The van der Waals surface area contributed by atoms with Crippen molar-refractivity contribution in [3.8, 4) is 0 Å². The van der Waals surface area contributed by atoms with Gasteiger partial charge in [0.25, 0.3) is 5.91 Å². The van der Waals surface area contributed by atoms with Gasteiger partial charge in [0.15, 0.2) is 0 Å². The average Bonchev–Trinajstić information content (AvgIpc) is 2.59. The van der Waals surface area contributed by atoms with Crippen molar-refractivity contribution in [3.63, 3.8) is 0 Å². The minimum Gasteiger partial charge on any atom is -0.393 e. The first-order chi connectivity index (χ1) is 9.04. The van der Waals surface area contributed by atoms with Crippen LogP contribution in [0.2, 0.25) is 0 Å². The van der Waals surface area contributed by atoms with E-state index < -0.39 is 0 Å². The van der Waals surface area contributed by atoms with Gasteiger partial charge in [-0.15, -0.1) is 0 Å². The molecule has 3 heteroatoms. The third-order valence-corrected chi connectivity index (χ3v) is 4.41. The van der Waals surface area contributed by atoms with Crippen LogP contribution in [0.5, 0.6) is 0 Å². The third-order valence-electron chi connectivity index (χ3n) is 4.41. The molecule has 3 nitrogen and oxygen atoms in total. The summed E-state index contributed by atoms with van der Waals surface area (Å²) >= 11 is 0. The molecule has 2 aliphatic heterocycles. The maximum atomic E-state index is 12.7. The number of carbonyl (C=O) groups excluding carboxylic acids is 1. The predicted molar refractivity (Wildman–Crippen MR) is 74.1 cm³/mol. The van der Waals surface area contributed by atoms with E-state index in [4.69, 9.17) is 0 Å². The van der Waals surface area contributed by atoms with Crippen LogP contribution in [0.25, 0.3) is 0 Å². The van der Waals surface area contributed by atoms with Gasteiger partial charge in [0, 0.05) is 17.6 Å². The van der Waals surface area contributed by atoms with Gasteiger partial charge in [-0.3, -0.25) is 4.79 Å². The molecule has 1 N–H and O–H groups in total. The van der Waals surface area contributed by atoms with Gasteiger partial charge < -0.3 is 10.0 Å². The van der Waals surface area contributed by atoms with Crippen molar-refractivity contribution in [3.05, 3.63) is 34.9 Å². The Balaban J connectivity index is 1.88. The fraction of sp³-hybridized carbons (Fsp3) is 0.562. The molecule has 19 heavy (non-hydrogen) atoms. The molecule has 0 saturated carbocycles. The van der Waals surface area contributed by atoms with Crippen LogP contribution < -0.4 is 0 Å². The lowest BCUT2D eigenvalue weighted by Crippen LogP contribution is -2.48. The number of aliphatic hydroxyl groups is 1. The van der Waals surface area contributed by atoms with Crippen molar-refractivity contribution < 1.29 is 9.90 Å². The number of hydrogen-bond acceptors (Lipinski definition) is 2. The second-order valence-corrected chi connectivity index (χ2v) is 6.10. The molecule has 2 aliphatic rings. The number of fused-ring (bicyclic) bond motifs is 2. The highest BCUT2D eigenvalue weighted by atomic mass is 16.3. The Kier molecular flexibility index (Phi) is 3.09. The van der Waals surface area contributed by atoms with Crippen molar-refractivity contribution in [2.75, 3.05) is 0 Å². The van der Waals surface area contributed by atoms with Crippen LogP contribution in [0.4, 0.5) is 0 Å². The molecular formula is C16H21NO2. The molecule has 0 radical (unpaired) electrons. The summed E-state index contributed by atoms with van der Waals surface area (Å²) < 4.78 is 0. The molecule has 2 fully saturated rings. The predicted octanol–water partition coefficient (Wildman–Crippen LogP) is 2.43. The smallest absolute Gasteiger partial charge is 0.254 e. The van der Waals surface area contributed by atoms with Gasteiger partial charge in [0.2, 0.25) is 0 Å². The number of hydrogen-bond donors (Lipinski definition) is 1. The van der Waals surface area contributed by atoms with Crippen LogP contribution in [0, 0.1) is 13.8 Å². The Morgan fingerprint density at radius 1 is 1.11 bits per heavy atom. The molecule has 2 saturated heterocycles. The van der Waals surface area contributed by atoms with Crippen molar-refractivity contribution >= 4 is 5.91 Å². The van der Waals surface area contributed by atoms with Gasteiger partial charge >= 0.3 is 0 Å². The summed E-state index contributed by atoms with van der Waals surface area (Å²) in [5.74, 6) is 0.145. The Hall–Kier alpha value is -1.35. The SMILES string of the molecule is Cc1cc(C)cc(C(=O)N2C3CCC2CC(O)C3)c1. The topological polar surface area (TPSA) is 40.5 Å². The summed E-state index contributed by atoms with van der Waals surface area (Å²) in [6.07, 6.45) is 3.34. The van der Waals surface area contributed by atoms with Crippen LogP contribution in [0.3, 0.4) is 0 Å². The van der Waals surface area contributed by atoms with Gasteiger partial charge in [-0.1, -0.05) is 17.2 Å². The van der Waals surface area contributed by atoms with E-state index in [0.29, 0.717) is 0 Å². The standard InChI is InChI=1S/C16H21NO2/c1-10-5-11(2)7-12(6-10)16(19)17-13-3-4-14(17)9-15(18)8-13/h5-7,13-15,18H,3-4,8-9H2,1-2H3. The molecule has 2 heterocycles. The van der Waals surface area contributed by atoms with E-state index >= 15 is 0 Å². The summed E-state index contributed by atoms with van der Waals surface area (Å²) in [7, 11) is 0. The lowest BCUT2D eigenvalue weighted by atomic mass is 9.98. The van der Waals surface area contributed by atoms with Crippen LogP contribution in [0.15, 0.2) is 18.2 Å². The number of amides is 1. The number of piperidine rings is 1. The highest BCUT2D eigenvalue weighted by Gasteiger charge is 2.42. The molecule has 2 unspecified atom stereocenters. The maximum absolute atomic E-state index is 12.7. The second kappa shape index (κ2) is 4.64. The molecule has 1 aromatic carbocycles. The fourth-order valence-corrected chi connectivity index (χ4v) is 3.73. The summed E-state index contributed by atoms with van der Waals surface area (Å²) in [4.78, 5) is 14.7. The zero-order valence-electron chi connectivity index (χ0n) is 11.6. The highest BCUT2D eigenvalue weighted by molar-refractivity contribution is 5.95. The summed E-state index contributed by atoms with van der Waals surface area (Å²) in [5, 5.41) is 9.81. The molecule has 0 aliphatic carbocycles. The van der Waals surface area contributed by atoms with Gasteiger partial charge in [-0.05, 0) is 51.7 Å². The maximum Gasteiger partial charge on any atom is 0.254 e. The van der Waals surface area contributed by atoms with Gasteiger partial charge in [0.1, 0.15) is 0 Å². The van der Waals surface area contributed by atoms with Crippen LogP contribution in [-0.2, 0) is 0 Å². The monoisotopic (exact) mass is 259 g/mol. The lowest BCUT2D eigenvalue weighted by molar-refractivity contribution is 0.0287. The molecule has 1 aromatic rings. The van der Waals surface area contributed by atoms with Crippen LogP contribution in [-0.4, -0.2) is 34.1 Å². The second-order valence-electron chi connectivity index (χ2n) is 6.10. The van der Waals surface area contributed by atoms with Gasteiger partial charge in [-0.25, -0.2) is 0 Å². The molecule has 102 valence electrons. The summed E-state index contributed by atoms with van der Waals surface area (Å²) in [5.41, 5.74) is 3.06. The van der Waals surface area contributed by atoms with Crippen molar-refractivity contribution in [1.82, 2.24) is 4.90 Å². The van der Waals surface area contributed by atoms with E-state index in [-0.39, 0.29) is 24.1 Å². The number of nitrogens with zero attached hydrogens (tertiary/aromatic N) is 1. The third kappa shape index (κ3) is 2.27. The van der Waals surface area contributed by atoms with Crippen molar-refractivity contribution in [1.29, 1.82) is 0 Å². The Labute approximate surface area is 114 Å². The quantitative estimate of drug-likeness (QED) is 0.841. The minimum absolute atomic E-state index is 0.145. The summed E-state index contributed by atoms with van der Waals surface area (Å²) in [6, 6.07) is 6.51. The Bertz CT molecular complexity index is 477. The molecule has 0 spiro atoms. The van der Waals surface area contributed by atoms with Crippen molar-refractivity contribution in [2.45, 2.75) is 57.7 Å². The minimum atomic E-state index is -0.221. The molecule has 0 aromatic heterocycles. The van der Waals surface area contributed by atoms with Crippen molar-refractivity contribution in [2.24, 2.45) is 0 Å². The molecule has 2 bridgehead atoms. The van der Waals surface area contributed by atoms with E-state index in [1.807, 2.05) is 30.9 Å². The number of benzene rings is 1. The van der Waals surface area contributed by atoms with E-state index in [1.54, 1.807) is 0 Å². The first-order valence-corrected chi connectivity index (χ1v) is 7.13. The highest BCUT2D eigenvalue weighted by Crippen LogP contribution is 2.36. The molecule has 2 atom stereocenters. The van der Waals surface area contributed by atoms with E-state index in [2.05, 4.69) is 6.07 Å². The first kappa shape index (κ1) is 12.7. The number of carbonyl (C=O) groups is 1. The van der Waals surface area contributed by atoms with Crippen LogP contribution in [0.1, 0.15) is 47.2 Å². The number of rotatable bonds is 1. The zero-order valence-corrected chi connectivity index (χ0v) is 11.6. The molecular weight excluding hydrogens is 238 g/mol. The lowest BCUT2D eigenvalue weighted by Gasteiger charge is -2.37. The average molecular weight is 259 g/mol. The molecule has 3 rings (SSSR count). The molecule has 1 amide bonds. The largest absolute Gasteiger partial charge is 0.393 e. The van der Waals surface area contributed by atoms with E-state index in [1.165, 1.54) is 0 Å². The number of aryl methyl sites for hydroxylation is 2. The van der Waals surface area contributed by atoms with Crippen LogP contribution >= 0.6 is 0 Å². The zero-order chi connectivity index (χ0) is 13.6. The van der Waals surface area contributed by atoms with Gasteiger partial charge in [0.05, 0.1) is 6.10 Å². The van der Waals surface area contributed by atoms with E-state index in [0.717, 1.165) is 42.4 Å².